The van der Waals surface area contributed by atoms with Crippen molar-refractivity contribution in [3.05, 3.63) is 23.2 Å². The Morgan fingerprint density at radius 2 is 2.12 bits per heavy atom. The first-order valence-corrected chi connectivity index (χ1v) is 8.71. The Labute approximate surface area is 151 Å². The first-order valence-electron chi connectivity index (χ1n) is 8.34. The number of nitrogens with zero attached hydrogens (tertiary/aromatic N) is 2. The molecule has 2 aliphatic heterocycles. The average Bonchev–Trinajstić information content (AvgIpc) is 2.62. The lowest BCUT2D eigenvalue weighted by atomic mass is 10.1. The summed E-state index contributed by atoms with van der Waals surface area (Å²) in [5, 5.41) is 6.02. The van der Waals surface area contributed by atoms with Gasteiger partial charge < -0.3 is 15.0 Å². The van der Waals surface area contributed by atoms with E-state index >= 15 is 0 Å². The number of aliphatic imine (C=N–C) groups is 1. The Hall–Kier alpha value is -2.28. The number of likely N-dealkylation sites (tertiary alicyclic amines) is 1. The average molecular weight is 365 g/mol. The zero-order valence-corrected chi connectivity index (χ0v) is 14.8. The highest BCUT2D eigenvalue weighted by Crippen LogP contribution is 2.28. The molecule has 134 valence electrons. The first-order chi connectivity index (χ1) is 12.1. The summed E-state index contributed by atoms with van der Waals surface area (Å²) in [6, 6.07) is 4.19. The summed E-state index contributed by atoms with van der Waals surface area (Å²) in [6.07, 6.45) is 3.32. The molecule has 1 saturated heterocycles. The van der Waals surface area contributed by atoms with Crippen molar-refractivity contribution in [2.24, 2.45) is 4.99 Å². The number of piperidine rings is 1. The number of guanidine groups is 1. The van der Waals surface area contributed by atoms with Crippen molar-refractivity contribution in [3.63, 3.8) is 0 Å². The normalized spacial score (nSPS) is 20.6. The number of carbonyl (C=O) groups excluding carboxylic acids is 2. The smallest absolute Gasteiger partial charge is 0.249 e. The second-order valence-corrected chi connectivity index (χ2v) is 6.54. The van der Waals surface area contributed by atoms with Crippen molar-refractivity contribution in [1.29, 1.82) is 0 Å². The monoisotopic (exact) mass is 364 g/mol. The molecule has 2 amide bonds. The number of halogens is 1. The van der Waals surface area contributed by atoms with E-state index in [9.17, 15) is 9.59 Å². The topological polar surface area (TPSA) is 83.0 Å². The third-order valence-electron chi connectivity index (χ3n) is 4.29. The number of hydrogen-bond acceptors (Lipinski definition) is 5. The van der Waals surface area contributed by atoms with Crippen molar-refractivity contribution in [3.8, 4) is 5.75 Å². The van der Waals surface area contributed by atoms with Crippen molar-refractivity contribution < 1.29 is 14.3 Å². The van der Waals surface area contributed by atoms with Crippen LogP contribution in [0.15, 0.2) is 23.2 Å². The summed E-state index contributed by atoms with van der Waals surface area (Å²) >= 11 is 5.99. The molecule has 1 atom stereocenters. The molecule has 0 spiro atoms. The Bertz CT molecular complexity index is 701. The van der Waals surface area contributed by atoms with E-state index in [-0.39, 0.29) is 18.2 Å². The third-order valence-corrected chi connectivity index (χ3v) is 4.52. The molecule has 3 rings (SSSR count). The summed E-state index contributed by atoms with van der Waals surface area (Å²) in [7, 11) is 1.51. The van der Waals surface area contributed by atoms with Gasteiger partial charge in [0.2, 0.25) is 17.8 Å². The highest BCUT2D eigenvalue weighted by Gasteiger charge is 2.30. The molecule has 0 aromatic heterocycles. The largest absolute Gasteiger partial charge is 0.495 e. The zero-order valence-electron chi connectivity index (χ0n) is 14.0. The number of amides is 2. The van der Waals surface area contributed by atoms with Crippen LogP contribution < -0.4 is 15.4 Å². The molecule has 2 N–H and O–H groups in total. The van der Waals surface area contributed by atoms with Crippen molar-refractivity contribution in [2.75, 3.05) is 25.5 Å². The fraction of sp³-hybridized carbons (Fsp3) is 0.471. The zero-order chi connectivity index (χ0) is 17.8. The van der Waals surface area contributed by atoms with Crippen LogP contribution in [0.4, 0.5) is 5.69 Å². The SMILES string of the molecule is COc1ccc(Cl)cc1NC(=O)[C@@H]1CC(=O)NC(N2CCCCC2)=N1. The van der Waals surface area contributed by atoms with Gasteiger partial charge in [0.1, 0.15) is 11.8 Å². The summed E-state index contributed by atoms with van der Waals surface area (Å²) in [4.78, 5) is 31.1. The van der Waals surface area contributed by atoms with Gasteiger partial charge in [0.15, 0.2) is 0 Å². The molecule has 0 aliphatic carbocycles. The van der Waals surface area contributed by atoms with Gasteiger partial charge in [-0.3, -0.25) is 14.9 Å². The van der Waals surface area contributed by atoms with Crippen LogP contribution in [0.2, 0.25) is 5.02 Å². The van der Waals surface area contributed by atoms with Crippen LogP contribution in [0.5, 0.6) is 5.75 Å². The van der Waals surface area contributed by atoms with Crippen LogP contribution >= 0.6 is 11.6 Å². The maximum Gasteiger partial charge on any atom is 0.249 e. The molecular formula is C17H21ClN4O3. The number of nitrogens with one attached hydrogen (secondary N) is 2. The van der Waals surface area contributed by atoms with Gasteiger partial charge in [-0.1, -0.05) is 11.6 Å². The lowest BCUT2D eigenvalue weighted by molar-refractivity contribution is -0.125. The molecule has 2 heterocycles. The molecule has 1 aromatic rings. The molecule has 0 bridgehead atoms. The Kier molecular flexibility index (Phi) is 5.43. The number of hydrogen-bond donors (Lipinski definition) is 2. The van der Waals surface area contributed by atoms with E-state index in [4.69, 9.17) is 16.3 Å². The quantitative estimate of drug-likeness (QED) is 0.859. The Balaban J connectivity index is 1.76. The summed E-state index contributed by atoms with van der Waals surface area (Å²) < 4.78 is 5.23. The number of methoxy groups -OCH3 is 1. The van der Waals surface area contributed by atoms with Gasteiger partial charge in [-0.25, -0.2) is 4.99 Å². The minimum atomic E-state index is -0.769. The fourth-order valence-corrected chi connectivity index (χ4v) is 3.16. The molecule has 0 saturated carbocycles. The lowest BCUT2D eigenvalue weighted by Gasteiger charge is -2.32. The van der Waals surface area contributed by atoms with Gasteiger partial charge in [-0.15, -0.1) is 0 Å². The third kappa shape index (κ3) is 4.22. The summed E-state index contributed by atoms with van der Waals surface area (Å²) in [5.41, 5.74) is 0.459. The summed E-state index contributed by atoms with van der Waals surface area (Å²) in [5.74, 6) is 0.436. The van der Waals surface area contributed by atoms with Crippen LogP contribution in [0.1, 0.15) is 25.7 Å². The Morgan fingerprint density at radius 3 is 2.84 bits per heavy atom. The molecule has 1 fully saturated rings. The van der Waals surface area contributed by atoms with E-state index in [1.165, 1.54) is 13.5 Å². The van der Waals surface area contributed by atoms with Crippen molar-refractivity contribution in [1.82, 2.24) is 10.2 Å². The lowest BCUT2D eigenvalue weighted by Crippen LogP contribution is -2.51. The van der Waals surface area contributed by atoms with Crippen LogP contribution in [-0.2, 0) is 9.59 Å². The molecule has 0 unspecified atom stereocenters. The molecule has 25 heavy (non-hydrogen) atoms. The number of anilines is 1. The maximum atomic E-state index is 12.6. The van der Waals surface area contributed by atoms with Crippen LogP contribution in [0, 0.1) is 0 Å². The van der Waals surface area contributed by atoms with Crippen molar-refractivity contribution >= 4 is 35.1 Å². The van der Waals surface area contributed by atoms with E-state index in [0.29, 0.717) is 22.4 Å². The van der Waals surface area contributed by atoms with Gasteiger partial charge in [-0.05, 0) is 37.5 Å². The number of carbonyl (C=O) groups is 2. The second-order valence-electron chi connectivity index (χ2n) is 6.10. The van der Waals surface area contributed by atoms with Gasteiger partial charge in [0, 0.05) is 18.1 Å². The van der Waals surface area contributed by atoms with Crippen LogP contribution in [0.25, 0.3) is 0 Å². The minimum absolute atomic E-state index is 0.0199. The van der Waals surface area contributed by atoms with Crippen LogP contribution in [-0.4, -0.2) is 48.9 Å². The van der Waals surface area contributed by atoms with E-state index in [0.717, 1.165) is 25.9 Å². The molecule has 2 aliphatic rings. The van der Waals surface area contributed by atoms with Crippen molar-refractivity contribution in [2.45, 2.75) is 31.7 Å². The second kappa shape index (κ2) is 7.74. The fourth-order valence-electron chi connectivity index (χ4n) is 2.99. The molecule has 7 nitrogen and oxygen atoms in total. The maximum absolute atomic E-state index is 12.6. The molecule has 1 aromatic carbocycles. The van der Waals surface area contributed by atoms with E-state index in [1.54, 1.807) is 18.2 Å². The van der Waals surface area contributed by atoms with E-state index in [1.807, 2.05) is 4.90 Å². The highest BCUT2D eigenvalue weighted by atomic mass is 35.5. The minimum Gasteiger partial charge on any atom is -0.495 e. The number of benzene rings is 1. The number of rotatable bonds is 3. The predicted octanol–water partition coefficient (Wildman–Crippen LogP) is 2.02. The van der Waals surface area contributed by atoms with Gasteiger partial charge >= 0.3 is 0 Å². The molecular weight excluding hydrogens is 344 g/mol. The van der Waals surface area contributed by atoms with Crippen LogP contribution in [0.3, 0.4) is 0 Å². The molecule has 0 radical (unpaired) electrons. The van der Waals surface area contributed by atoms with Gasteiger partial charge in [0.05, 0.1) is 19.2 Å². The number of ether oxygens (including phenoxy) is 1. The van der Waals surface area contributed by atoms with Gasteiger partial charge in [-0.2, -0.15) is 0 Å². The van der Waals surface area contributed by atoms with E-state index in [2.05, 4.69) is 15.6 Å². The Morgan fingerprint density at radius 1 is 1.36 bits per heavy atom. The first kappa shape index (κ1) is 17.5. The molecule has 8 heteroatoms. The highest BCUT2D eigenvalue weighted by molar-refractivity contribution is 6.31. The van der Waals surface area contributed by atoms with Gasteiger partial charge in [0.25, 0.3) is 0 Å². The summed E-state index contributed by atoms with van der Waals surface area (Å²) in [6.45, 7) is 1.69. The predicted molar refractivity (Wildman–Crippen MR) is 96.0 cm³/mol. The van der Waals surface area contributed by atoms with E-state index < -0.39 is 6.04 Å². The standard InChI is InChI=1S/C17H21ClN4O3/c1-25-14-6-5-11(18)9-12(14)19-16(24)13-10-15(23)21-17(20-13)22-7-3-2-4-8-22/h5-6,9,13H,2-4,7-8,10H2,1H3,(H,19,24)(H,20,21,23)/t13-/m0/s1.